The lowest BCUT2D eigenvalue weighted by Gasteiger charge is -2.08. The van der Waals surface area contributed by atoms with E-state index >= 15 is 0 Å². The lowest BCUT2D eigenvalue weighted by atomic mass is 9.97. The number of benzene rings is 2. The minimum absolute atomic E-state index is 0.0434. The normalized spacial score (nSPS) is 11.1. The van der Waals surface area contributed by atoms with Crippen molar-refractivity contribution in [3.05, 3.63) is 76.7 Å². The lowest BCUT2D eigenvalue weighted by Crippen LogP contribution is -2.05. The van der Waals surface area contributed by atoms with E-state index in [1.54, 1.807) is 6.07 Å². The molecule has 5 nitrogen and oxygen atoms in total. The first-order chi connectivity index (χ1) is 14.3. The number of nitrogens with zero attached hydrogens (tertiary/aromatic N) is 1. The molecule has 156 valence electrons. The van der Waals surface area contributed by atoms with Gasteiger partial charge < -0.3 is 9.52 Å². The Balaban J connectivity index is 1.72. The summed E-state index contributed by atoms with van der Waals surface area (Å²) in [5, 5.41) is 8.85. The van der Waals surface area contributed by atoms with Gasteiger partial charge in [0.2, 0.25) is 5.89 Å². The van der Waals surface area contributed by atoms with Crippen molar-refractivity contribution in [3.8, 4) is 11.5 Å². The third kappa shape index (κ3) is 5.23. The lowest BCUT2D eigenvalue weighted by molar-refractivity contribution is -0.136. The van der Waals surface area contributed by atoms with E-state index in [4.69, 9.17) is 9.52 Å². The van der Waals surface area contributed by atoms with Gasteiger partial charge in [-0.3, -0.25) is 9.59 Å². The van der Waals surface area contributed by atoms with Gasteiger partial charge in [0.1, 0.15) is 5.76 Å². The summed E-state index contributed by atoms with van der Waals surface area (Å²) in [5.41, 5.74) is 4.29. The maximum atomic E-state index is 12.8. The topological polar surface area (TPSA) is 80.4 Å². The molecule has 0 bridgehead atoms. The van der Waals surface area contributed by atoms with Crippen LogP contribution in [0.4, 0.5) is 0 Å². The Labute approximate surface area is 176 Å². The van der Waals surface area contributed by atoms with Crippen LogP contribution in [0.1, 0.15) is 65.5 Å². The average molecular weight is 405 g/mol. The van der Waals surface area contributed by atoms with Crippen LogP contribution in [0.15, 0.2) is 52.9 Å². The summed E-state index contributed by atoms with van der Waals surface area (Å²) in [6.07, 6.45) is 1.41. The van der Waals surface area contributed by atoms with Crippen LogP contribution in [0, 0.1) is 6.92 Å². The molecule has 0 aliphatic heterocycles. The number of ketones is 1. The largest absolute Gasteiger partial charge is 0.481 e. The molecule has 0 unspecified atom stereocenters. The fourth-order valence-corrected chi connectivity index (χ4v) is 3.47. The van der Waals surface area contributed by atoms with Crippen LogP contribution in [-0.2, 0) is 17.6 Å². The highest BCUT2D eigenvalue weighted by atomic mass is 16.4. The summed E-state index contributed by atoms with van der Waals surface area (Å²) < 4.78 is 6.01. The fourth-order valence-electron chi connectivity index (χ4n) is 3.47. The van der Waals surface area contributed by atoms with Crippen LogP contribution in [0.3, 0.4) is 0 Å². The predicted molar refractivity (Wildman–Crippen MR) is 116 cm³/mol. The maximum absolute atomic E-state index is 12.8. The van der Waals surface area contributed by atoms with Crippen LogP contribution in [0.25, 0.3) is 11.5 Å². The van der Waals surface area contributed by atoms with Gasteiger partial charge in [-0.1, -0.05) is 44.2 Å². The zero-order chi connectivity index (χ0) is 21.7. The number of aryl methyl sites for hydroxylation is 3. The van der Waals surface area contributed by atoms with Gasteiger partial charge in [0, 0.05) is 36.3 Å². The SMILES string of the molecule is Cc1cc(C(=O)CCc2nc(-c3ccccc3)oc2C(C)C)ccc1CCC(=O)O. The van der Waals surface area contributed by atoms with Gasteiger partial charge in [-0.05, 0) is 42.7 Å². The van der Waals surface area contributed by atoms with Crippen molar-refractivity contribution in [1.82, 2.24) is 4.98 Å². The maximum Gasteiger partial charge on any atom is 0.303 e. The minimum atomic E-state index is -0.821. The van der Waals surface area contributed by atoms with Crippen LogP contribution >= 0.6 is 0 Å². The number of carboxylic acid groups (broad SMARTS) is 1. The van der Waals surface area contributed by atoms with Crippen LogP contribution in [0.2, 0.25) is 0 Å². The molecule has 2 aromatic carbocycles. The number of aromatic nitrogens is 1. The summed E-state index contributed by atoms with van der Waals surface area (Å²) in [6.45, 7) is 6.02. The molecule has 0 spiro atoms. The number of hydrogen-bond donors (Lipinski definition) is 1. The molecular formula is C25H27NO4. The zero-order valence-electron chi connectivity index (χ0n) is 17.6. The minimum Gasteiger partial charge on any atom is -0.481 e. The van der Waals surface area contributed by atoms with Crippen LogP contribution in [-0.4, -0.2) is 21.8 Å². The quantitative estimate of drug-likeness (QED) is 0.468. The number of carbonyl (C=O) groups excluding carboxylic acids is 1. The third-order valence-corrected chi connectivity index (χ3v) is 5.13. The molecule has 5 heteroatoms. The number of hydrogen-bond acceptors (Lipinski definition) is 4. The molecule has 3 rings (SSSR count). The first kappa shape index (κ1) is 21.5. The smallest absolute Gasteiger partial charge is 0.303 e. The predicted octanol–water partition coefficient (Wildman–Crippen LogP) is 5.61. The number of oxazole rings is 1. The van der Waals surface area contributed by atoms with Crippen molar-refractivity contribution in [2.45, 2.75) is 52.4 Å². The van der Waals surface area contributed by atoms with Gasteiger partial charge in [0.25, 0.3) is 0 Å². The van der Waals surface area contributed by atoms with E-state index in [9.17, 15) is 9.59 Å². The molecule has 0 atom stereocenters. The van der Waals surface area contributed by atoms with Crippen molar-refractivity contribution < 1.29 is 19.1 Å². The van der Waals surface area contributed by atoms with Gasteiger partial charge in [-0.15, -0.1) is 0 Å². The van der Waals surface area contributed by atoms with E-state index in [2.05, 4.69) is 18.8 Å². The third-order valence-electron chi connectivity index (χ3n) is 5.13. The van der Waals surface area contributed by atoms with E-state index < -0.39 is 5.97 Å². The van der Waals surface area contributed by atoms with E-state index in [0.29, 0.717) is 30.7 Å². The number of carboxylic acids is 1. The Morgan fingerprint density at radius 3 is 2.40 bits per heavy atom. The Hall–Kier alpha value is -3.21. The van der Waals surface area contributed by atoms with Crippen molar-refractivity contribution >= 4 is 11.8 Å². The standard InChI is InChI=1S/C25H27NO4/c1-16(2)24-21(26-25(30-24)19-7-5-4-6-8-19)12-13-22(27)20-10-9-18(17(3)15-20)11-14-23(28)29/h4-10,15-16H,11-14H2,1-3H3,(H,28,29). The molecule has 0 radical (unpaired) electrons. The molecule has 1 aromatic heterocycles. The highest BCUT2D eigenvalue weighted by Crippen LogP contribution is 2.28. The summed E-state index contributed by atoms with van der Waals surface area (Å²) in [4.78, 5) is 28.2. The number of rotatable bonds is 9. The van der Waals surface area contributed by atoms with Gasteiger partial charge in [-0.2, -0.15) is 0 Å². The van der Waals surface area contributed by atoms with E-state index in [0.717, 1.165) is 28.1 Å². The summed E-state index contributed by atoms with van der Waals surface area (Å²) in [6, 6.07) is 15.2. The molecule has 1 N–H and O–H groups in total. The highest BCUT2D eigenvalue weighted by Gasteiger charge is 2.19. The summed E-state index contributed by atoms with van der Waals surface area (Å²) in [5.74, 6) is 0.804. The molecule has 0 saturated heterocycles. The molecular weight excluding hydrogens is 378 g/mol. The number of carbonyl (C=O) groups is 2. The second kappa shape index (κ2) is 9.53. The Morgan fingerprint density at radius 2 is 1.77 bits per heavy atom. The van der Waals surface area contributed by atoms with Crippen LogP contribution < -0.4 is 0 Å². The van der Waals surface area contributed by atoms with E-state index in [1.165, 1.54) is 0 Å². The second-order valence-corrected chi connectivity index (χ2v) is 7.81. The summed E-state index contributed by atoms with van der Waals surface area (Å²) >= 11 is 0. The molecule has 1 heterocycles. The average Bonchev–Trinajstić information content (AvgIpc) is 3.16. The summed E-state index contributed by atoms with van der Waals surface area (Å²) in [7, 11) is 0. The first-order valence-corrected chi connectivity index (χ1v) is 10.2. The van der Waals surface area contributed by atoms with Crippen LogP contribution in [0.5, 0.6) is 0 Å². The highest BCUT2D eigenvalue weighted by molar-refractivity contribution is 5.96. The molecule has 3 aromatic rings. The molecule has 0 aliphatic rings. The van der Waals surface area contributed by atoms with E-state index in [1.807, 2.05) is 49.4 Å². The van der Waals surface area contributed by atoms with E-state index in [-0.39, 0.29) is 18.1 Å². The van der Waals surface area contributed by atoms with Crippen molar-refractivity contribution in [2.75, 3.05) is 0 Å². The Kier molecular flexibility index (Phi) is 6.83. The van der Waals surface area contributed by atoms with Gasteiger partial charge in [-0.25, -0.2) is 4.98 Å². The molecule has 30 heavy (non-hydrogen) atoms. The molecule has 0 amide bonds. The van der Waals surface area contributed by atoms with Crippen molar-refractivity contribution in [2.24, 2.45) is 0 Å². The molecule has 0 aliphatic carbocycles. The van der Waals surface area contributed by atoms with Gasteiger partial charge in [0.05, 0.1) is 5.69 Å². The van der Waals surface area contributed by atoms with Gasteiger partial charge >= 0.3 is 5.97 Å². The van der Waals surface area contributed by atoms with Gasteiger partial charge in [0.15, 0.2) is 5.78 Å². The monoisotopic (exact) mass is 405 g/mol. The van der Waals surface area contributed by atoms with Crippen molar-refractivity contribution in [1.29, 1.82) is 0 Å². The molecule has 0 fully saturated rings. The Bertz CT molecular complexity index is 1030. The fraction of sp³-hybridized carbons (Fsp3) is 0.320. The molecule has 0 saturated carbocycles. The number of aliphatic carboxylic acids is 1. The number of Topliss-reactive ketones (excluding diaryl/α,β-unsaturated/α-hetero) is 1. The Morgan fingerprint density at radius 1 is 1.03 bits per heavy atom. The van der Waals surface area contributed by atoms with Crippen molar-refractivity contribution in [3.63, 3.8) is 0 Å². The second-order valence-electron chi connectivity index (χ2n) is 7.81. The first-order valence-electron chi connectivity index (χ1n) is 10.2. The zero-order valence-corrected chi connectivity index (χ0v) is 17.6.